The summed E-state index contributed by atoms with van der Waals surface area (Å²) in [6.07, 6.45) is 1.77. The van der Waals surface area contributed by atoms with Gasteiger partial charge in [0.2, 0.25) is 11.8 Å². The van der Waals surface area contributed by atoms with E-state index in [2.05, 4.69) is 22.3 Å². The van der Waals surface area contributed by atoms with Crippen LogP contribution in [0.2, 0.25) is 0 Å². The minimum absolute atomic E-state index is 0.131. The highest BCUT2D eigenvalue weighted by atomic mass is 16.3. The van der Waals surface area contributed by atoms with Crippen LogP contribution in [0.1, 0.15) is 38.2 Å². The molecule has 0 spiro atoms. The van der Waals surface area contributed by atoms with Crippen molar-refractivity contribution in [3.63, 3.8) is 0 Å². The van der Waals surface area contributed by atoms with Crippen LogP contribution in [0.15, 0.2) is 30.3 Å². The predicted molar refractivity (Wildman–Crippen MR) is 96.5 cm³/mol. The van der Waals surface area contributed by atoms with E-state index >= 15 is 0 Å². The Morgan fingerprint density at radius 3 is 2.76 bits per heavy atom. The fraction of sp³-hybridized carbons (Fsp3) is 0.579. The first-order valence-electron chi connectivity index (χ1n) is 8.98. The predicted octanol–water partition coefficient (Wildman–Crippen LogP) is 1.03. The summed E-state index contributed by atoms with van der Waals surface area (Å²) >= 11 is 0. The molecule has 1 aliphatic rings. The second-order valence-electron chi connectivity index (χ2n) is 6.95. The Hall–Kier alpha value is -1.92. The Bertz CT molecular complexity index is 564. The number of hydrogen-bond acceptors (Lipinski definition) is 4. The Balaban J connectivity index is 1.81. The Labute approximate surface area is 149 Å². The van der Waals surface area contributed by atoms with Gasteiger partial charge >= 0.3 is 0 Å². The minimum atomic E-state index is -0.594. The van der Waals surface area contributed by atoms with Gasteiger partial charge in [-0.25, -0.2) is 0 Å². The zero-order chi connectivity index (χ0) is 18.2. The smallest absolute Gasteiger partial charge is 0.220 e. The van der Waals surface area contributed by atoms with Gasteiger partial charge in [0, 0.05) is 25.4 Å². The molecule has 25 heavy (non-hydrogen) atoms. The Morgan fingerprint density at radius 2 is 2.08 bits per heavy atom. The van der Waals surface area contributed by atoms with Gasteiger partial charge in [-0.3, -0.25) is 14.5 Å². The van der Waals surface area contributed by atoms with E-state index < -0.39 is 6.10 Å². The number of nitrogens with zero attached hydrogens (tertiary/aromatic N) is 1. The van der Waals surface area contributed by atoms with Gasteiger partial charge in [-0.05, 0) is 31.4 Å². The van der Waals surface area contributed by atoms with E-state index in [-0.39, 0.29) is 30.2 Å². The third-order valence-electron chi connectivity index (χ3n) is 4.78. The summed E-state index contributed by atoms with van der Waals surface area (Å²) in [6.45, 7) is 3.96. The van der Waals surface area contributed by atoms with Gasteiger partial charge in [0.05, 0.1) is 12.1 Å². The Kier molecular flexibility index (Phi) is 7.40. The van der Waals surface area contributed by atoms with Gasteiger partial charge in [0.1, 0.15) is 0 Å². The second-order valence-corrected chi connectivity index (χ2v) is 6.95. The van der Waals surface area contributed by atoms with Crippen LogP contribution in [-0.2, 0) is 16.1 Å². The highest BCUT2D eigenvalue weighted by molar-refractivity contribution is 5.79. The van der Waals surface area contributed by atoms with Crippen molar-refractivity contribution in [3.05, 3.63) is 35.9 Å². The van der Waals surface area contributed by atoms with Crippen LogP contribution >= 0.6 is 0 Å². The number of rotatable bonds is 7. The summed E-state index contributed by atoms with van der Waals surface area (Å²) in [4.78, 5) is 25.3. The highest BCUT2D eigenvalue weighted by Crippen LogP contribution is 2.15. The van der Waals surface area contributed by atoms with Crippen LogP contribution < -0.4 is 11.1 Å². The summed E-state index contributed by atoms with van der Waals surface area (Å²) in [7, 11) is 0. The quantitative estimate of drug-likeness (QED) is 0.686. The molecule has 0 aromatic heterocycles. The molecule has 1 aromatic rings. The van der Waals surface area contributed by atoms with Crippen molar-refractivity contribution in [1.29, 1.82) is 0 Å². The molecule has 1 aliphatic heterocycles. The van der Waals surface area contributed by atoms with E-state index in [1.165, 1.54) is 5.56 Å². The Morgan fingerprint density at radius 1 is 1.36 bits per heavy atom. The fourth-order valence-corrected chi connectivity index (χ4v) is 3.13. The molecule has 1 saturated heterocycles. The third-order valence-corrected chi connectivity index (χ3v) is 4.78. The van der Waals surface area contributed by atoms with Crippen molar-refractivity contribution >= 4 is 11.8 Å². The number of amides is 2. The largest absolute Gasteiger partial charge is 0.390 e. The fourth-order valence-electron chi connectivity index (χ4n) is 3.13. The van der Waals surface area contributed by atoms with E-state index in [0.717, 1.165) is 25.9 Å². The van der Waals surface area contributed by atoms with Gasteiger partial charge in [-0.2, -0.15) is 0 Å². The first-order valence-corrected chi connectivity index (χ1v) is 8.98. The third kappa shape index (κ3) is 6.48. The first-order chi connectivity index (χ1) is 12.0. The standard InChI is InChI=1S/C19H29N3O3/c1-14(19(20)25)9-10-18(24)21-16-8-5-11-22(13-17(16)23)12-15-6-3-2-4-7-15/h2-4,6-7,14,16-17,23H,5,8-13H2,1H3,(H2,20,25)(H,21,24)/t14?,16?,17-/m0/s1. The van der Waals surface area contributed by atoms with Crippen molar-refractivity contribution in [3.8, 4) is 0 Å². The molecule has 6 heteroatoms. The number of aliphatic hydroxyl groups is 1. The van der Waals surface area contributed by atoms with Crippen LogP contribution in [0.3, 0.4) is 0 Å². The van der Waals surface area contributed by atoms with Crippen molar-refractivity contribution in [2.45, 2.75) is 51.3 Å². The summed E-state index contributed by atoms with van der Waals surface area (Å²) in [5.41, 5.74) is 6.43. The molecule has 1 fully saturated rings. The molecule has 138 valence electrons. The van der Waals surface area contributed by atoms with Crippen LogP contribution in [0, 0.1) is 5.92 Å². The van der Waals surface area contributed by atoms with Gasteiger partial charge in [0.15, 0.2) is 0 Å². The van der Waals surface area contributed by atoms with Gasteiger partial charge in [-0.15, -0.1) is 0 Å². The first kappa shape index (κ1) is 19.4. The van der Waals surface area contributed by atoms with Crippen molar-refractivity contribution < 1.29 is 14.7 Å². The number of likely N-dealkylation sites (tertiary alicyclic amines) is 1. The molecular formula is C19H29N3O3. The molecule has 0 saturated carbocycles. The van der Waals surface area contributed by atoms with Crippen molar-refractivity contribution in [2.75, 3.05) is 13.1 Å². The average molecular weight is 347 g/mol. The van der Waals surface area contributed by atoms with Gasteiger partial charge in [0.25, 0.3) is 0 Å². The summed E-state index contributed by atoms with van der Waals surface area (Å²) in [6, 6.07) is 9.94. The molecular weight excluding hydrogens is 318 g/mol. The molecule has 0 bridgehead atoms. The second kappa shape index (κ2) is 9.53. The van der Waals surface area contributed by atoms with E-state index in [4.69, 9.17) is 5.73 Å². The van der Waals surface area contributed by atoms with Crippen molar-refractivity contribution in [1.82, 2.24) is 10.2 Å². The summed E-state index contributed by atoms with van der Waals surface area (Å²) in [5, 5.41) is 13.4. The average Bonchev–Trinajstić information content (AvgIpc) is 2.75. The molecule has 6 nitrogen and oxygen atoms in total. The van der Waals surface area contributed by atoms with Crippen LogP contribution in [0.4, 0.5) is 0 Å². The lowest BCUT2D eigenvalue weighted by Gasteiger charge is -2.25. The minimum Gasteiger partial charge on any atom is -0.390 e. The maximum absolute atomic E-state index is 12.1. The molecule has 1 heterocycles. The molecule has 3 atom stereocenters. The normalized spacial score (nSPS) is 22.8. The maximum atomic E-state index is 12.1. The number of carbonyl (C=O) groups is 2. The lowest BCUT2D eigenvalue weighted by atomic mass is 10.0. The molecule has 1 aromatic carbocycles. The lowest BCUT2D eigenvalue weighted by Crippen LogP contribution is -2.46. The van der Waals surface area contributed by atoms with E-state index in [0.29, 0.717) is 13.0 Å². The molecule has 2 rings (SSSR count). The highest BCUT2D eigenvalue weighted by Gasteiger charge is 2.26. The monoisotopic (exact) mass is 347 g/mol. The van der Waals surface area contributed by atoms with E-state index in [1.807, 2.05) is 18.2 Å². The summed E-state index contributed by atoms with van der Waals surface area (Å²) in [5.74, 6) is -0.835. The number of nitrogens with one attached hydrogen (secondary N) is 1. The summed E-state index contributed by atoms with van der Waals surface area (Å²) < 4.78 is 0. The zero-order valence-electron chi connectivity index (χ0n) is 14.9. The van der Waals surface area contributed by atoms with Crippen LogP contribution in [0.25, 0.3) is 0 Å². The number of primary amides is 1. The van der Waals surface area contributed by atoms with Crippen molar-refractivity contribution in [2.24, 2.45) is 11.7 Å². The SMILES string of the molecule is CC(CCC(=O)NC1CCCN(Cc2ccccc2)C[C@@H]1O)C(N)=O. The number of aliphatic hydroxyl groups excluding tert-OH is 1. The topological polar surface area (TPSA) is 95.7 Å². The van der Waals surface area contributed by atoms with Gasteiger partial charge in [-0.1, -0.05) is 37.3 Å². The molecule has 2 unspecified atom stereocenters. The van der Waals surface area contributed by atoms with Gasteiger partial charge < -0.3 is 16.2 Å². The lowest BCUT2D eigenvalue weighted by molar-refractivity contribution is -0.124. The molecule has 0 radical (unpaired) electrons. The zero-order valence-corrected chi connectivity index (χ0v) is 14.9. The number of carbonyl (C=O) groups excluding carboxylic acids is 2. The van der Waals surface area contributed by atoms with Crippen LogP contribution in [-0.4, -0.2) is 47.1 Å². The van der Waals surface area contributed by atoms with E-state index in [1.54, 1.807) is 6.92 Å². The molecule has 2 amide bonds. The number of β-amino-alcohol motifs (C(OH)–C–C–N with tert-alkyl or cyclic N) is 1. The molecule has 4 N–H and O–H groups in total. The number of nitrogens with two attached hydrogens (primary N) is 1. The van der Waals surface area contributed by atoms with Crippen LogP contribution in [0.5, 0.6) is 0 Å². The van der Waals surface area contributed by atoms with E-state index in [9.17, 15) is 14.7 Å². The number of hydrogen-bond donors (Lipinski definition) is 3. The molecule has 0 aliphatic carbocycles. The number of benzene rings is 1. The maximum Gasteiger partial charge on any atom is 0.220 e.